The molecule has 0 bridgehead atoms. The second kappa shape index (κ2) is 6.32. The summed E-state index contributed by atoms with van der Waals surface area (Å²) in [7, 11) is 0. The lowest BCUT2D eigenvalue weighted by Gasteiger charge is -2.31. The number of rotatable bonds is 4. The van der Waals surface area contributed by atoms with Gasteiger partial charge in [-0.05, 0) is 44.7 Å². The average Bonchev–Trinajstić information content (AvgIpc) is 3.13. The summed E-state index contributed by atoms with van der Waals surface area (Å²) in [4.78, 5) is 6.83. The lowest BCUT2D eigenvalue weighted by molar-refractivity contribution is 0.0918. The Morgan fingerprint density at radius 3 is 2.91 bits per heavy atom. The van der Waals surface area contributed by atoms with Crippen LogP contribution in [0.15, 0.2) is 24.4 Å². The monoisotopic (exact) mass is 312 g/mol. The van der Waals surface area contributed by atoms with Crippen LogP contribution >= 0.6 is 0 Å². The van der Waals surface area contributed by atoms with Crippen molar-refractivity contribution < 1.29 is 4.74 Å². The first-order chi connectivity index (χ1) is 11.3. The van der Waals surface area contributed by atoms with Gasteiger partial charge in [0.1, 0.15) is 6.10 Å². The summed E-state index contributed by atoms with van der Waals surface area (Å²) in [6.07, 6.45) is 6.64. The Kier molecular flexibility index (Phi) is 4.04. The van der Waals surface area contributed by atoms with Crippen LogP contribution in [-0.2, 0) is 19.5 Å². The van der Waals surface area contributed by atoms with Gasteiger partial charge >= 0.3 is 0 Å². The minimum absolute atomic E-state index is 0.284. The molecule has 1 fully saturated rings. The maximum Gasteiger partial charge on any atom is 0.216 e. The van der Waals surface area contributed by atoms with E-state index in [1.54, 1.807) is 6.20 Å². The van der Waals surface area contributed by atoms with Gasteiger partial charge in [0, 0.05) is 43.6 Å². The van der Waals surface area contributed by atoms with Crippen LogP contribution in [0.5, 0.6) is 5.88 Å². The van der Waals surface area contributed by atoms with E-state index in [4.69, 9.17) is 9.84 Å². The summed E-state index contributed by atoms with van der Waals surface area (Å²) in [6.45, 7) is 6.25. The molecule has 5 nitrogen and oxygen atoms in total. The number of ether oxygens (including phenoxy) is 1. The highest BCUT2D eigenvalue weighted by molar-refractivity contribution is 5.23. The van der Waals surface area contributed by atoms with Crippen LogP contribution < -0.4 is 4.74 Å². The van der Waals surface area contributed by atoms with E-state index in [1.165, 1.54) is 24.2 Å². The van der Waals surface area contributed by atoms with Crippen molar-refractivity contribution in [1.82, 2.24) is 19.7 Å². The molecule has 0 atom stereocenters. The zero-order chi connectivity index (χ0) is 15.6. The Morgan fingerprint density at radius 1 is 1.26 bits per heavy atom. The van der Waals surface area contributed by atoms with Gasteiger partial charge in [0.25, 0.3) is 0 Å². The number of aryl methyl sites for hydroxylation is 3. The normalized spacial score (nSPS) is 19.0. The lowest BCUT2D eigenvalue weighted by atomic mass is 10.1. The molecule has 0 N–H and O–H groups in total. The second-order valence-electron chi connectivity index (χ2n) is 6.67. The van der Waals surface area contributed by atoms with E-state index in [0.29, 0.717) is 0 Å². The van der Waals surface area contributed by atoms with Gasteiger partial charge in [-0.25, -0.2) is 4.98 Å². The minimum Gasteiger partial charge on any atom is -0.474 e. The molecule has 23 heavy (non-hydrogen) atoms. The highest BCUT2D eigenvalue weighted by Gasteiger charge is 2.23. The molecule has 4 heterocycles. The molecule has 122 valence electrons. The SMILES string of the molecule is Cc1cccnc1OC1CCN(Cc2cc3n(n2)CCC3)CC1. The number of likely N-dealkylation sites (tertiary alicyclic amines) is 1. The number of piperidine rings is 1. The zero-order valence-electron chi connectivity index (χ0n) is 13.7. The van der Waals surface area contributed by atoms with Crippen molar-refractivity contribution in [2.75, 3.05) is 13.1 Å². The second-order valence-corrected chi connectivity index (χ2v) is 6.67. The fourth-order valence-electron chi connectivity index (χ4n) is 3.56. The maximum atomic E-state index is 6.08. The third-order valence-electron chi connectivity index (χ3n) is 4.88. The summed E-state index contributed by atoms with van der Waals surface area (Å²) >= 11 is 0. The minimum atomic E-state index is 0.284. The van der Waals surface area contributed by atoms with Gasteiger partial charge in [0.05, 0.1) is 5.69 Å². The van der Waals surface area contributed by atoms with E-state index in [-0.39, 0.29) is 6.10 Å². The lowest BCUT2D eigenvalue weighted by Crippen LogP contribution is -2.38. The van der Waals surface area contributed by atoms with Crippen molar-refractivity contribution in [2.24, 2.45) is 0 Å². The topological polar surface area (TPSA) is 43.2 Å². The standard InChI is InChI=1S/C18H24N4O/c1-14-4-2-8-19-18(14)23-17-6-10-21(11-7-17)13-15-12-16-5-3-9-22(16)20-15/h2,4,8,12,17H,3,5-7,9-11,13H2,1H3. The van der Waals surface area contributed by atoms with Gasteiger partial charge < -0.3 is 4.74 Å². The number of hydrogen-bond donors (Lipinski definition) is 0. The predicted octanol–water partition coefficient (Wildman–Crippen LogP) is 2.58. The highest BCUT2D eigenvalue weighted by Crippen LogP contribution is 2.22. The molecule has 0 aliphatic carbocycles. The number of hydrogen-bond acceptors (Lipinski definition) is 4. The number of fused-ring (bicyclic) bond motifs is 1. The molecule has 2 aliphatic rings. The third kappa shape index (κ3) is 3.24. The Hall–Kier alpha value is -1.88. The fraction of sp³-hybridized carbons (Fsp3) is 0.556. The van der Waals surface area contributed by atoms with E-state index in [9.17, 15) is 0 Å². The molecule has 0 spiro atoms. The molecule has 5 heteroatoms. The van der Waals surface area contributed by atoms with Crippen LogP contribution in [0.4, 0.5) is 0 Å². The van der Waals surface area contributed by atoms with Crippen molar-refractivity contribution in [3.05, 3.63) is 41.3 Å². The van der Waals surface area contributed by atoms with Gasteiger partial charge in [-0.3, -0.25) is 9.58 Å². The van der Waals surface area contributed by atoms with Gasteiger partial charge in [0.15, 0.2) is 0 Å². The Morgan fingerprint density at radius 2 is 2.13 bits per heavy atom. The van der Waals surface area contributed by atoms with Gasteiger partial charge in [0.2, 0.25) is 5.88 Å². The van der Waals surface area contributed by atoms with E-state index in [0.717, 1.165) is 50.5 Å². The van der Waals surface area contributed by atoms with Crippen LogP contribution in [0.1, 0.15) is 36.2 Å². The van der Waals surface area contributed by atoms with Crippen molar-refractivity contribution >= 4 is 0 Å². The third-order valence-corrected chi connectivity index (χ3v) is 4.88. The number of aromatic nitrogens is 3. The molecule has 2 aliphatic heterocycles. The largest absolute Gasteiger partial charge is 0.474 e. The van der Waals surface area contributed by atoms with Gasteiger partial charge in [-0.15, -0.1) is 0 Å². The number of nitrogens with zero attached hydrogens (tertiary/aromatic N) is 4. The maximum absolute atomic E-state index is 6.08. The summed E-state index contributed by atoms with van der Waals surface area (Å²) in [5, 5.41) is 4.72. The summed E-state index contributed by atoms with van der Waals surface area (Å²) < 4.78 is 8.25. The molecule has 0 radical (unpaired) electrons. The van der Waals surface area contributed by atoms with Gasteiger partial charge in [-0.1, -0.05) is 6.07 Å². The van der Waals surface area contributed by atoms with Crippen LogP contribution in [0, 0.1) is 6.92 Å². The summed E-state index contributed by atoms with van der Waals surface area (Å²) in [5.41, 5.74) is 3.74. The first-order valence-electron chi connectivity index (χ1n) is 8.64. The molecule has 0 saturated carbocycles. The molecule has 0 unspecified atom stereocenters. The van der Waals surface area contributed by atoms with Gasteiger partial charge in [-0.2, -0.15) is 5.10 Å². The summed E-state index contributed by atoms with van der Waals surface area (Å²) in [5.74, 6) is 0.788. The summed E-state index contributed by atoms with van der Waals surface area (Å²) in [6, 6.07) is 6.29. The van der Waals surface area contributed by atoms with Crippen molar-refractivity contribution in [3.63, 3.8) is 0 Å². The van der Waals surface area contributed by atoms with E-state index in [2.05, 4.69) is 33.6 Å². The number of pyridine rings is 1. The first kappa shape index (κ1) is 14.7. The average molecular weight is 312 g/mol. The first-order valence-corrected chi connectivity index (χ1v) is 8.64. The molecule has 2 aromatic rings. The van der Waals surface area contributed by atoms with E-state index in [1.807, 2.05) is 6.07 Å². The van der Waals surface area contributed by atoms with Crippen LogP contribution in [0.25, 0.3) is 0 Å². The van der Waals surface area contributed by atoms with Crippen molar-refractivity contribution in [2.45, 2.75) is 51.8 Å². The molecule has 4 rings (SSSR count). The molecule has 1 saturated heterocycles. The van der Waals surface area contributed by atoms with E-state index >= 15 is 0 Å². The molecule has 0 amide bonds. The van der Waals surface area contributed by atoms with Crippen LogP contribution in [0.3, 0.4) is 0 Å². The molecule has 0 aromatic carbocycles. The van der Waals surface area contributed by atoms with Crippen LogP contribution in [0.2, 0.25) is 0 Å². The Balaban J connectivity index is 1.29. The van der Waals surface area contributed by atoms with Crippen molar-refractivity contribution in [1.29, 1.82) is 0 Å². The molecule has 2 aromatic heterocycles. The van der Waals surface area contributed by atoms with Crippen molar-refractivity contribution in [3.8, 4) is 5.88 Å². The van der Waals surface area contributed by atoms with E-state index < -0.39 is 0 Å². The molecular weight excluding hydrogens is 288 g/mol. The predicted molar refractivity (Wildman–Crippen MR) is 88.4 cm³/mol. The highest BCUT2D eigenvalue weighted by atomic mass is 16.5. The Labute approximate surface area is 137 Å². The smallest absolute Gasteiger partial charge is 0.216 e. The zero-order valence-corrected chi connectivity index (χ0v) is 13.7. The fourth-order valence-corrected chi connectivity index (χ4v) is 3.56. The quantitative estimate of drug-likeness (QED) is 0.870. The Bertz CT molecular complexity index is 652. The molecular formula is C18H24N4O. The van der Waals surface area contributed by atoms with Crippen LogP contribution in [-0.4, -0.2) is 38.9 Å².